The van der Waals surface area contributed by atoms with Gasteiger partial charge in [0, 0.05) is 6.20 Å². The normalized spacial score (nSPS) is 11.7. The highest BCUT2D eigenvalue weighted by Crippen LogP contribution is 2.22. The highest BCUT2D eigenvalue weighted by molar-refractivity contribution is 5.92. The van der Waals surface area contributed by atoms with Gasteiger partial charge in [-0.3, -0.25) is 9.78 Å². The lowest BCUT2D eigenvalue weighted by Gasteiger charge is -2.19. The Bertz CT molecular complexity index is 773. The SMILES string of the molecule is O=C(NC(c1ccccc1)c1ccc(F)cc1)c1ccccn1. The Morgan fingerprint density at radius 3 is 2.17 bits per heavy atom. The van der Waals surface area contributed by atoms with Gasteiger partial charge in [0.25, 0.3) is 5.91 Å². The fourth-order valence-electron chi connectivity index (χ4n) is 2.36. The van der Waals surface area contributed by atoms with Crippen molar-refractivity contribution >= 4 is 5.91 Å². The number of nitrogens with one attached hydrogen (secondary N) is 1. The lowest BCUT2D eigenvalue weighted by atomic mass is 9.98. The molecule has 0 aliphatic heterocycles. The van der Waals surface area contributed by atoms with Gasteiger partial charge >= 0.3 is 0 Å². The van der Waals surface area contributed by atoms with Gasteiger partial charge in [-0.1, -0.05) is 48.5 Å². The molecule has 1 atom stereocenters. The second kappa shape index (κ2) is 6.83. The van der Waals surface area contributed by atoms with Crippen molar-refractivity contribution in [3.63, 3.8) is 0 Å². The molecule has 0 spiro atoms. The summed E-state index contributed by atoms with van der Waals surface area (Å²) in [5.41, 5.74) is 2.07. The van der Waals surface area contributed by atoms with E-state index in [1.54, 1.807) is 36.5 Å². The minimum atomic E-state index is -0.369. The van der Waals surface area contributed by atoms with Crippen LogP contribution in [0.5, 0.6) is 0 Å². The number of carbonyl (C=O) groups excluding carboxylic acids is 1. The van der Waals surface area contributed by atoms with Crippen molar-refractivity contribution in [2.24, 2.45) is 0 Å². The van der Waals surface area contributed by atoms with Crippen LogP contribution in [0.25, 0.3) is 0 Å². The van der Waals surface area contributed by atoms with E-state index in [1.165, 1.54) is 12.1 Å². The maximum Gasteiger partial charge on any atom is 0.270 e. The number of aromatic nitrogens is 1. The van der Waals surface area contributed by atoms with Crippen LogP contribution in [-0.4, -0.2) is 10.9 Å². The highest BCUT2D eigenvalue weighted by atomic mass is 19.1. The quantitative estimate of drug-likeness (QED) is 0.798. The van der Waals surface area contributed by atoms with Gasteiger partial charge in [-0.2, -0.15) is 0 Å². The molecule has 3 rings (SSSR count). The first-order chi connectivity index (χ1) is 11.2. The zero-order chi connectivity index (χ0) is 16.1. The van der Waals surface area contributed by atoms with Crippen LogP contribution < -0.4 is 5.32 Å². The van der Waals surface area contributed by atoms with E-state index in [1.807, 2.05) is 30.3 Å². The number of hydrogen-bond donors (Lipinski definition) is 1. The number of rotatable bonds is 4. The van der Waals surface area contributed by atoms with Gasteiger partial charge in [0.15, 0.2) is 0 Å². The van der Waals surface area contributed by atoms with Crippen LogP contribution in [0.2, 0.25) is 0 Å². The molecule has 1 N–H and O–H groups in total. The Morgan fingerprint density at radius 1 is 0.870 bits per heavy atom. The number of carbonyl (C=O) groups is 1. The van der Waals surface area contributed by atoms with Crippen molar-refractivity contribution in [2.45, 2.75) is 6.04 Å². The summed E-state index contributed by atoms with van der Waals surface area (Å²) in [6.07, 6.45) is 1.57. The second-order valence-corrected chi connectivity index (χ2v) is 5.08. The van der Waals surface area contributed by atoms with Crippen molar-refractivity contribution in [3.05, 3.63) is 102 Å². The molecule has 0 radical (unpaired) electrons. The summed E-state index contributed by atoms with van der Waals surface area (Å²) in [4.78, 5) is 16.5. The fraction of sp³-hybridized carbons (Fsp3) is 0.0526. The van der Waals surface area contributed by atoms with Gasteiger partial charge in [-0.25, -0.2) is 4.39 Å². The van der Waals surface area contributed by atoms with Gasteiger partial charge in [-0.15, -0.1) is 0 Å². The van der Waals surface area contributed by atoms with Crippen LogP contribution >= 0.6 is 0 Å². The molecule has 0 aliphatic carbocycles. The number of benzene rings is 2. The predicted molar refractivity (Wildman–Crippen MR) is 86.4 cm³/mol. The van der Waals surface area contributed by atoms with E-state index in [0.717, 1.165) is 11.1 Å². The molecule has 0 bridgehead atoms. The van der Waals surface area contributed by atoms with Crippen molar-refractivity contribution in [2.75, 3.05) is 0 Å². The summed E-state index contributed by atoms with van der Waals surface area (Å²) in [7, 11) is 0. The monoisotopic (exact) mass is 306 g/mol. The summed E-state index contributed by atoms with van der Waals surface area (Å²) in [5, 5.41) is 2.96. The standard InChI is InChI=1S/C19H15FN2O/c20-16-11-9-15(10-12-16)18(14-6-2-1-3-7-14)22-19(23)17-8-4-5-13-21-17/h1-13,18H,(H,22,23). The van der Waals surface area contributed by atoms with Crippen molar-refractivity contribution in [3.8, 4) is 0 Å². The van der Waals surface area contributed by atoms with Crippen molar-refractivity contribution in [1.82, 2.24) is 10.3 Å². The first kappa shape index (κ1) is 14.9. The highest BCUT2D eigenvalue weighted by Gasteiger charge is 2.18. The minimum Gasteiger partial charge on any atom is -0.340 e. The van der Waals surface area contributed by atoms with E-state index in [4.69, 9.17) is 0 Å². The molecule has 0 saturated heterocycles. The van der Waals surface area contributed by atoms with Gasteiger partial charge in [0.1, 0.15) is 11.5 Å². The lowest BCUT2D eigenvalue weighted by Crippen LogP contribution is -2.29. The molecule has 23 heavy (non-hydrogen) atoms. The molecular weight excluding hydrogens is 291 g/mol. The smallest absolute Gasteiger partial charge is 0.270 e. The Hall–Kier alpha value is -3.01. The maximum atomic E-state index is 13.2. The van der Waals surface area contributed by atoms with E-state index in [-0.39, 0.29) is 17.8 Å². The molecule has 3 nitrogen and oxygen atoms in total. The van der Waals surface area contributed by atoms with Crippen molar-refractivity contribution < 1.29 is 9.18 Å². The fourth-order valence-corrected chi connectivity index (χ4v) is 2.36. The van der Waals surface area contributed by atoms with Crippen LogP contribution in [0.1, 0.15) is 27.7 Å². The molecule has 1 unspecified atom stereocenters. The number of pyridine rings is 1. The Kier molecular flexibility index (Phi) is 4.43. The number of hydrogen-bond acceptors (Lipinski definition) is 2. The van der Waals surface area contributed by atoms with Gasteiger partial charge in [-0.05, 0) is 35.4 Å². The Labute approximate surface area is 133 Å². The second-order valence-electron chi connectivity index (χ2n) is 5.08. The van der Waals surface area contributed by atoms with Crippen molar-refractivity contribution in [1.29, 1.82) is 0 Å². The van der Waals surface area contributed by atoms with E-state index in [9.17, 15) is 9.18 Å². The summed E-state index contributed by atoms with van der Waals surface area (Å²) >= 11 is 0. The Balaban J connectivity index is 1.93. The van der Waals surface area contributed by atoms with Gasteiger partial charge in [0.05, 0.1) is 6.04 Å². The first-order valence-corrected chi connectivity index (χ1v) is 7.26. The van der Waals surface area contributed by atoms with Crippen LogP contribution in [0.4, 0.5) is 4.39 Å². The lowest BCUT2D eigenvalue weighted by molar-refractivity contribution is 0.0938. The molecule has 1 heterocycles. The molecule has 0 fully saturated rings. The van der Waals surface area contributed by atoms with Crippen LogP contribution in [-0.2, 0) is 0 Å². The first-order valence-electron chi connectivity index (χ1n) is 7.26. The molecule has 0 saturated carbocycles. The van der Waals surface area contributed by atoms with E-state index >= 15 is 0 Å². The predicted octanol–water partition coefficient (Wildman–Crippen LogP) is 3.74. The molecule has 0 aliphatic rings. The summed E-state index contributed by atoms with van der Waals surface area (Å²) < 4.78 is 13.2. The number of amides is 1. The van der Waals surface area contributed by atoms with E-state index in [0.29, 0.717) is 5.69 Å². The Morgan fingerprint density at radius 2 is 1.52 bits per heavy atom. The molecule has 1 amide bonds. The largest absolute Gasteiger partial charge is 0.340 e. The van der Waals surface area contributed by atoms with Gasteiger partial charge in [0.2, 0.25) is 0 Å². The molecule has 2 aromatic carbocycles. The molecular formula is C19H15FN2O. The van der Waals surface area contributed by atoms with Crippen LogP contribution in [0.3, 0.4) is 0 Å². The number of nitrogens with zero attached hydrogens (tertiary/aromatic N) is 1. The van der Waals surface area contributed by atoms with Crippen LogP contribution in [0, 0.1) is 5.82 Å². The topological polar surface area (TPSA) is 42.0 Å². The van der Waals surface area contributed by atoms with Gasteiger partial charge < -0.3 is 5.32 Å². The third-order valence-electron chi connectivity index (χ3n) is 3.51. The van der Waals surface area contributed by atoms with E-state index < -0.39 is 0 Å². The van der Waals surface area contributed by atoms with E-state index in [2.05, 4.69) is 10.3 Å². The summed E-state index contributed by atoms with van der Waals surface area (Å²) in [6, 6.07) is 20.5. The number of halogens is 1. The summed E-state index contributed by atoms with van der Waals surface area (Å²) in [6.45, 7) is 0. The summed E-state index contributed by atoms with van der Waals surface area (Å²) in [5.74, 6) is -0.583. The maximum absolute atomic E-state index is 13.2. The molecule has 1 aromatic heterocycles. The third kappa shape index (κ3) is 3.61. The molecule has 3 aromatic rings. The zero-order valence-corrected chi connectivity index (χ0v) is 12.3. The minimum absolute atomic E-state index is 0.274. The third-order valence-corrected chi connectivity index (χ3v) is 3.51. The molecule has 114 valence electrons. The zero-order valence-electron chi connectivity index (χ0n) is 12.3. The average molecular weight is 306 g/mol. The molecule has 4 heteroatoms. The average Bonchev–Trinajstić information content (AvgIpc) is 2.62. The van der Waals surface area contributed by atoms with Crippen LogP contribution in [0.15, 0.2) is 79.0 Å².